The minimum absolute atomic E-state index is 0.0607. The molecule has 1 aliphatic rings. The monoisotopic (exact) mass is 545 g/mol. The van der Waals surface area contributed by atoms with Gasteiger partial charge in [0.1, 0.15) is 0 Å². The maximum atomic E-state index is 13.5. The third-order valence-corrected chi connectivity index (χ3v) is 8.85. The topological polar surface area (TPSA) is 104 Å². The van der Waals surface area contributed by atoms with Gasteiger partial charge in [0, 0.05) is 36.8 Å². The van der Waals surface area contributed by atoms with Crippen LogP contribution >= 0.6 is 22.9 Å². The normalized spacial score (nSPS) is 14.8. The van der Waals surface area contributed by atoms with Crippen LogP contribution in [-0.2, 0) is 14.6 Å². The van der Waals surface area contributed by atoms with Crippen molar-refractivity contribution in [1.29, 1.82) is 0 Å². The van der Waals surface area contributed by atoms with Gasteiger partial charge in [-0.2, -0.15) is 0 Å². The fraction of sp³-hybridized carbons (Fsp3) is 0.240. The number of amides is 3. The molecular formula is C25H24ClN3O5S2. The van der Waals surface area contributed by atoms with Gasteiger partial charge in [0.15, 0.2) is 0 Å². The minimum atomic E-state index is -4.24. The van der Waals surface area contributed by atoms with Gasteiger partial charge in [-0.15, -0.1) is 11.3 Å². The quantitative estimate of drug-likeness (QED) is 0.512. The summed E-state index contributed by atoms with van der Waals surface area (Å²) in [4.78, 5) is 42.3. The van der Waals surface area contributed by atoms with Gasteiger partial charge in [-0.25, -0.2) is 8.42 Å². The highest BCUT2D eigenvalue weighted by Crippen LogP contribution is 2.20. The number of nitrogens with zero attached hydrogens (tertiary/aromatic N) is 2. The van der Waals surface area contributed by atoms with Gasteiger partial charge in [0.25, 0.3) is 17.7 Å². The molecule has 1 aliphatic heterocycles. The van der Waals surface area contributed by atoms with E-state index in [0.717, 1.165) is 16.9 Å². The standard InChI is InChI=1S/C25H24ClN3O5S2/c1-17-4-10-20(11-5-17)36(33,34)23(27-22(30)21-3-2-16-35-21)25(32)29-14-12-28(13-15-29)24(31)18-6-8-19(26)9-7-18/h2-11,16,23H,12-15H2,1H3,(H,27,30)/t23-/m1/s1. The molecule has 1 N–H and O–H groups in total. The van der Waals surface area contributed by atoms with Crippen molar-refractivity contribution in [2.24, 2.45) is 0 Å². The molecule has 0 aliphatic carbocycles. The Kier molecular flexibility index (Phi) is 7.77. The summed E-state index contributed by atoms with van der Waals surface area (Å²) in [5.41, 5.74) is 1.34. The lowest BCUT2D eigenvalue weighted by molar-refractivity contribution is -0.132. The van der Waals surface area contributed by atoms with E-state index in [4.69, 9.17) is 11.6 Å². The van der Waals surface area contributed by atoms with Crippen molar-refractivity contribution in [1.82, 2.24) is 15.1 Å². The highest BCUT2D eigenvalue weighted by atomic mass is 35.5. The van der Waals surface area contributed by atoms with Crippen LogP contribution in [0.1, 0.15) is 25.6 Å². The average molecular weight is 546 g/mol. The van der Waals surface area contributed by atoms with Gasteiger partial charge < -0.3 is 15.1 Å². The van der Waals surface area contributed by atoms with Crippen LogP contribution in [-0.4, -0.2) is 67.5 Å². The molecule has 0 unspecified atom stereocenters. The van der Waals surface area contributed by atoms with Gasteiger partial charge in [-0.1, -0.05) is 35.4 Å². The number of aryl methyl sites for hydroxylation is 1. The van der Waals surface area contributed by atoms with Crippen LogP contribution in [0, 0.1) is 6.92 Å². The predicted octanol–water partition coefficient (Wildman–Crippen LogP) is 3.22. The molecule has 1 aromatic heterocycles. The molecule has 0 bridgehead atoms. The molecule has 2 aromatic carbocycles. The van der Waals surface area contributed by atoms with Gasteiger partial charge >= 0.3 is 0 Å². The zero-order chi connectivity index (χ0) is 25.9. The Morgan fingerprint density at radius 1 is 0.917 bits per heavy atom. The molecule has 0 spiro atoms. The second kappa shape index (κ2) is 10.8. The summed E-state index contributed by atoms with van der Waals surface area (Å²) >= 11 is 7.04. The van der Waals surface area contributed by atoms with Crippen LogP contribution < -0.4 is 5.32 Å². The summed E-state index contributed by atoms with van der Waals surface area (Å²) in [5, 5.41) is 2.85. The largest absolute Gasteiger partial charge is 0.336 e. The van der Waals surface area contributed by atoms with Crippen LogP contribution in [0.5, 0.6) is 0 Å². The molecule has 3 aromatic rings. The number of hydrogen-bond acceptors (Lipinski definition) is 6. The molecule has 36 heavy (non-hydrogen) atoms. The van der Waals surface area contributed by atoms with E-state index in [9.17, 15) is 22.8 Å². The molecule has 4 rings (SSSR count). The Morgan fingerprint density at radius 2 is 1.53 bits per heavy atom. The highest BCUT2D eigenvalue weighted by Gasteiger charge is 2.39. The van der Waals surface area contributed by atoms with E-state index in [0.29, 0.717) is 15.5 Å². The average Bonchev–Trinajstić information content (AvgIpc) is 3.42. The number of benzene rings is 2. The van der Waals surface area contributed by atoms with E-state index in [1.165, 1.54) is 17.0 Å². The van der Waals surface area contributed by atoms with Crippen LogP contribution in [0.15, 0.2) is 70.9 Å². The van der Waals surface area contributed by atoms with E-state index in [1.807, 2.05) is 6.92 Å². The maximum absolute atomic E-state index is 13.5. The van der Waals surface area contributed by atoms with Crippen LogP contribution in [0.2, 0.25) is 5.02 Å². The number of halogens is 1. The smallest absolute Gasteiger partial charge is 0.262 e. The van der Waals surface area contributed by atoms with E-state index in [1.54, 1.807) is 58.8 Å². The Labute approximate surface area is 218 Å². The number of nitrogens with one attached hydrogen (secondary N) is 1. The molecule has 2 heterocycles. The predicted molar refractivity (Wildman–Crippen MR) is 138 cm³/mol. The molecule has 1 saturated heterocycles. The Morgan fingerprint density at radius 3 is 2.11 bits per heavy atom. The Bertz CT molecular complexity index is 1350. The second-order valence-corrected chi connectivity index (χ2v) is 11.7. The van der Waals surface area contributed by atoms with Crippen molar-refractivity contribution >= 4 is 50.5 Å². The van der Waals surface area contributed by atoms with Crippen molar-refractivity contribution in [3.63, 3.8) is 0 Å². The van der Waals surface area contributed by atoms with Crippen molar-refractivity contribution in [3.8, 4) is 0 Å². The lowest BCUT2D eigenvalue weighted by Crippen LogP contribution is -2.57. The fourth-order valence-electron chi connectivity index (χ4n) is 3.80. The summed E-state index contributed by atoms with van der Waals surface area (Å²) < 4.78 is 27.0. The van der Waals surface area contributed by atoms with E-state index >= 15 is 0 Å². The van der Waals surface area contributed by atoms with Crippen molar-refractivity contribution in [2.45, 2.75) is 17.2 Å². The fourth-order valence-corrected chi connectivity index (χ4v) is 6.02. The summed E-state index contributed by atoms with van der Waals surface area (Å²) in [6.07, 6.45) is 0. The lowest BCUT2D eigenvalue weighted by Gasteiger charge is -2.36. The van der Waals surface area contributed by atoms with Crippen LogP contribution in [0.4, 0.5) is 0 Å². The third kappa shape index (κ3) is 5.61. The molecule has 0 saturated carbocycles. The van der Waals surface area contributed by atoms with Gasteiger partial charge in [-0.3, -0.25) is 14.4 Å². The summed E-state index contributed by atoms with van der Waals surface area (Å²) in [6, 6.07) is 15.9. The van der Waals surface area contributed by atoms with Gasteiger partial charge in [0.2, 0.25) is 15.2 Å². The first-order chi connectivity index (χ1) is 17.2. The van der Waals surface area contributed by atoms with E-state index in [-0.39, 0.29) is 37.0 Å². The molecule has 11 heteroatoms. The van der Waals surface area contributed by atoms with Gasteiger partial charge in [-0.05, 0) is 54.8 Å². The van der Waals surface area contributed by atoms with E-state index in [2.05, 4.69) is 5.32 Å². The first-order valence-corrected chi connectivity index (χ1v) is 14.0. The number of piperazine rings is 1. The molecule has 1 fully saturated rings. The zero-order valence-corrected chi connectivity index (χ0v) is 21.8. The third-order valence-electron chi connectivity index (χ3n) is 5.86. The Hall–Kier alpha value is -3.21. The lowest BCUT2D eigenvalue weighted by atomic mass is 10.2. The summed E-state index contributed by atoms with van der Waals surface area (Å²) in [6.45, 7) is 2.54. The Balaban J connectivity index is 1.53. The summed E-state index contributed by atoms with van der Waals surface area (Å²) in [7, 11) is -4.24. The van der Waals surface area contributed by atoms with Crippen molar-refractivity contribution < 1.29 is 22.8 Å². The zero-order valence-electron chi connectivity index (χ0n) is 19.4. The molecule has 3 amide bonds. The highest BCUT2D eigenvalue weighted by molar-refractivity contribution is 7.92. The second-order valence-electron chi connectivity index (χ2n) is 8.31. The van der Waals surface area contributed by atoms with Crippen molar-refractivity contribution in [2.75, 3.05) is 26.2 Å². The molecule has 188 valence electrons. The number of carbonyl (C=O) groups excluding carboxylic acids is 3. The number of hydrogen-bond donors (Lipinski definition) is 1. The number of carbonyl (C=O) groups is 3. The summed E-state index contributed by atoms with van der Waals surface area (Å²) in [5.74, 6) is -1.58. The first-order valence-electron chi connectivity index (χ1n) is 11.2. The van der Waals surface area contributed by atoms with Crippen LogP contribution in [0.3, 0.4) is 0 Å². The van der Waals surface area contributed by atoms with Crippen LogP contribution in [0.25, 0.3) is 0 Å². The molecule has 0 radical (unpaired) electrons. The first kappa shape index (κ1) is 25.9. The number of thiophene rings is 1. The molecular weight excluding hydrogens is 522 g/mol. The van der Waals surface area contributed by atoms with Crippen molar-refractivity contribution in [3.05, 3.63) is 87.1 Å². The molecule has 8 nitrogen and oxygen atoms in total. The minimum Gasteiger partial charge on any atom is -0.336 e. The number of sulfone groups is 1. The molecule has 1 atom stereocenters. The van der Waals surface area contributed by atoms with E-state index < -0.39 is 27.0 Å². The van der Waals surface area contributed by atoms with Gasteiger partial charge in [0.05, 0.1) is 9.77 Å². The maximum Gasteiger partial charge on any atom is 0.262 e. The SMILES string of the molecule is Cc1ccc(S(=O)(=O)[C@@H](NC(=O)c2cccs2)C(=O)N2CCN(C(=O)c3ccc(Cl)cc3)CC2)cc1. The number of rotatable bonds is 6.